The molecule has 0 aliphatic carbocycles. The largest absolute Gasteiger partial charge is 0.370 e. The van der Waals surface area contributed by atoms with Crippen LogP contribution in [0.5, 0.6) is 0 Å². The lowest BCUT2D eigenvalue weighted by atomic mass is 10.0. The van der Waals surface area contributed by atoms with E-state index in [1.807, 2.05) is 13.0 Å². The minimum atomic E-state index is 0.0185. The van der Waals surface area contributed by atoms with Crippen LogP contribution in [0, 0.1) is 0 Å². The quantitative estimate of drug-likeness (QED) is 0.909. The van der Waals surface area contributed by atoms with Gasteiger partial charge in [0.1, 0.15) is 0 Å². The van der Waals surface area contributed by atoms with Crippen LogP contribution in [0.2, 0.25) is 5.02 Å². The standard InChI is InChI=1S/C18H21ClN2/c1-13(20)16-6-7-18(17(19)12-16)21-10-8-14-4-2-3-5-15(14)9-11-21/h2-7,12-13H,8-11,20H2,1H3/t13-/m1/s1. The zero-order valence-corrected chi connectivity index (χ0v) is 13.1. The minimum Gasteiger partial charge on any atom is -0.370 e. The Morgan fingerprint density at radius 3 is 2.19 bits per heavy atom. The lowest BCUT2D eigenvalue weighted by Crippen LogP contribution is -2.26. The van der Waals surface area contributed by atoms with Gasteiger partial charge in [-0.3, -0.25) is 0 Å². The van der Waals surface area contributed by atoms with E-state index in [4.69, 9.17) is 17.3 Å². The molecule has 0 spiro atoms. The maximum atomic E-state index is 6.47. The van der Waals surface area contributed by atoms with Gasteiger partial charge in [0.15, 0.2) is 0 Å². The Bertz CT molecular complexity index is 610. The number of hydrogen-bond donors (Lipinski definition) is 1. The van der Waals surface area contributed by atoms with Crippen molar-refractivity contribution in [3.63, 3.8) is 0 Å². The molecule has 1 heterocycles. The second kappa shape index (κ2) is 6.08. The third-order valence-corrected chi connectivity index (χ3v) is 4.56. The van der Waals surface area contributed by atoms with E-state index in [9.17, 15) is 0 Å². The first-order valence-electron chi connectivity index (χ1n) is 7.52. The van der Waals surface area contributed by atoms with Crippen LogP contribution in [0.4, 0.5) is 5.69 Å². The van der Waals surface area contributed by atoms with Gasteiger partial charge in [-0.15, -0.1) is 0 Å². The first-order valence-corrected chi connectivity index (χ1v) is 7.89. The van der Waals surface area contributed by atoms with Gasteiger partial charge >= 0.3 is 0 Å². The first kappa shape index (κ1) is 14.4. The van der Waals surface area contributed by atoms with Crippen molar-refractivity contribution >= 4 is 17.3 Å². The van der Waals surface area contributed by atoms with Crippen LogP contribution < -0.4 is 10.6 Å². The molecule has 21 heavy (non-hydrogen) atoms. The molecule has 0 saturated heterocycles. The Kier molecular flexibility index (Phi) is 4.18. The van der Waals surface area contributed by atoms with E-state index >= 15 is 0 Å². The van der Waals surface area contributed by atoms with Crippen molar-refractivity contribution in [3.05, 3.63) is 64.2 Å². The number of rotatable bonds is 2. The number of benzene rings is 2. The summed E-state index contributed by atoms with van der Waals surface area (Å²) in [5, 5.41) is 0.802. The molecule has 0 unspecified atom stereocenters. The normalized spacial score (nSPS) is 16.2. The molecule has 2 nitrogen and oxygen atoms in total. The van der Waals surface area contributed by atoms with Gasteiger partial charge in [-0.2, -0.15) is 0 Å². The monoisotopic (exact) mass is 300 g/mol. The highest BCUT2D eigenvalue weighted by molar-refractivity contribution is 6.33. The van der Waals surface area contributed by atoms with Crippen LogP contribution in [0.3, 0.4) is 0 Å². The maximum absolute atomic E-state index is 6.47. The van der Waals surface area contributed by atoms with E-state index in [1.165, 1.54) is 11.1 Å². The van der Waals surface area contributed by atoms with E-state index in [0.29, 0.717) is 0 Å². The molecule has 2 aromatic rings. The second-order valence-electron chi connectivity index (χ2n) is 5.76. The van der Waals surface area contributed by atoms with Gasteiger partial charge < -0.3 is 10.6 Å². The summed E-state index contributed by atoms with van der Waals surface area (Å²) < 4.78 is 0. The molecular weight excluding hydrogens is 280 g/mol. The number of anilines is 1. The highest BCUT2D eigenvalue weighted by Gasteiger charge is 2.16. The zero-order valence-electron chi connectivity index (χ0n) is 12.3. The molecule has 0 radical (unpaired) electrons. The Morgan fingerprint density at radius 1 is 1.05 bits per heavy atom. The molecule has 0 amide bonds. The fraction of sp³-hybridized carbons (Fsp3) is 0.333. The molecule has 1 aliphatic heterocycles. The van der Waals surface area contributed by atoms with Crippen LogP contribution in [-0.4, -0.2) is 13.1 Å². The van der Waals surface area contributed by atoms with Crippen molar-refractivity contribution < 1.29 is 0 Å². The van der Waals surface area contributed by atoms with Crippen molar-refractivity contribution in [2.24, 2.45) is 5.73 Å². The second-order valence-corrected chi connectivity index (χ2v) is 6.16. The molecule has 1 aliphatic rings. The van der Waals surface area contributed by atoms with E-state index in [1.54, 1.807) is 0 Å². The van der Waals surface area contributed by atoms with Gasteiger partial charge in [0, 0.05) is 19.1 Å². The van der Waals surface area contributed by atoms with Crippen molar-refractivity contribution in [3.8, 4) is 0 Å². The summed E-state index contributed by atoms with van der Waals surface area (Å²) in [5.41, 5.74) is 11.0. The van der Waals surface area contributed by atoms with Gasteiger partial charge in [-0.05, 0) is 48.6 Å². The van der Waals surface area contributed by atoms with Crippen molar-refractivity contribution in [1.29, 1.82) is 0 Å². The minimum absolute atomic E-state index is 0.0185. The SMILES string of the molecule is C[C@@H](N)c1ccc(N2CCc3ccccc3CC2)c(Cl)c1. The summed E-state index contributed by atoms with van der Waals surface area (Å²) in [7, 11) is 0. The molecule has 0 bridgehead atoms. The highest BCUT2D eigenvalue weighted by atomic mass is 35.5. The van der Waals surface area contributed by atoms with Crippen molar-refractivity contribution in [2.45, 2.75) is 25.8 Å². The zero-order chi connectivity index (χ0) is 14.8. The van der Waals surface area contributed by atoms with Crippen LogP contribution in [0.1, 0.15) is 29.7 Å². The summed E-state index contributed by atoms with van der Waals surface area (Å²) in [6, 6.07) is 14.9. The summed E-state index contributed by atoms with van der Waals surface area (Å²) in [4.78, 5) is 2.38. The van der Waals surface area contributed by atoms with Gasteiger partial charge in [0.25, 0.3) is 0 Å². The lowest BCUT2D eigenvalue weighted by molar-refractivity contribution is 0.798. The number of nitrogens with two attached hydrogens (primary N) is 1. The Balaban J connectivity index is 1.83. The first-order chi connectivity index (χ1) is 10.1. The lowest BCUT2D eigenvalue weighted by Gasteiger charge is -2.24. The van der Waals surface area contributed by atoms with Crippen LogP contribution in [-0.2, 0) is 12.8 Å². The number of halogens is 1. The molecule has 0 saturated carbocycles. The third kappa shape index (κ3) is 3.07. The van der Waals surface area contributed by atoms with E-state index in [2.05, 4.69) is 41.3 Å². The number of nitrogens with zero attached hydrogens (tertiary/aromatic N) is 1. The summed E-state index contributed by atoms with van der Waals surface area (Å²) in [6.45, 7) is 4.00. The van der Waals surface area contributed by atoms with Crippen LogP contribution in [0.15, 0.2) is 42.5 Å². The number of fused-ring (bicyclic) bond motifs is 1. The van der Waals surface area contributed by atoms with Gasteiger partial charge in [-0.25, -0.2) is 0 Å². The predicted molar refractivity (Wildman–Crippen MR) is 90.1 cm³/mol. The van der Waals surface area contributed by atoms with Gasteiger partial charge in [-0.1, -0.05) is 41.9 Å². The summed E-state index contributed by atoms with van der Waals surface area (Å²) >= 11 is 6.47. The molecular formula is C18H21ClN2. The van der Waals surface area contributed by atoms with E-state index in [0.717, 1.165) is 42.2 Å². The van der Waals surface area contributed by atoms with Gasteiger partial charge in [0.05, 0.1) is 10.7 Å². The highest BCUT2D eigenvalue weighted by Crippen LogP contribution is 2.30. The van der Waals surface area contributed by atoms with Crippen LogP contribution >= 0.6 is 11.6 Å². The molecule has 0 fully saturated rings. The summed E-state index contributed by atoms with van der Waals surface area (Å²) in [6.07, 6.45) is 2.14. The fourth-order valence-corrected chi connectivity index (χ4v) is 3.28. The molecule has 2 aromatic carbocycles. The maximum Gasteiger partial charge on any atom is 0.0642 e. The van der Waals surface area contributed by atoms with Crippen molar-refractivity contribution in [1.82, 2.24) is 0 Å². The Hall–Kier alpha value is -1.51. The molecule has 3 rings (SSSR count). The molecule has 1 atom stereocenters. The Morgan fingerprint density at radius 2 is 1.67 bits per heavy atom. The molecule has 3 heteroatoms. The van der Waals surface area contributed by atoms with E-state index in [-0.39, 0.29) is 6.04 Å². The van der Waals surface area contributed by atoms with E-state index < -0.39 is 0 Å². The van der Waals surface area contributed by atoms with Crippen molar-refractivity contribution in [2.75, 3.05) is 18.0 Å². The average Bonchev–Trinajstić information content (AvgIpc) is 2.70. The molecule has 110 valence electrons. The molecule has 2 N–H and O–H groups in total. The smallest absolute Gasteiger partial charge is 0.0642 e. The topological polar surface area (TPSA) is 29.3 Å². The predicted octanol–water partition coefficient (Wildman–Crippen LogP) is 3.96. The molecule has 0 aromatic heterocycles. The number of hydrogen-bond acceptors (Lipinski definition) is 2. The fourth-order valence-electron chi connectivity index (χ4n) is 2.97. The third-order valence-electron chi connectivity index (χ3n) is 4.26. The van der Waals surface area contributed by atoms with Crippen LogP contribution in [0.25, 0.3) is 0 Å². The summed E-state index contributed by atoms with van der Waals surface area (Å²) in [5.74, 6) is 0. The van der Waals surface area contributed by atoms with Gasteiger partial charge in [0.2, 0.25) is 0 Å². The average molecular weight is 301 g/mol. The Labute approximate surface area is 131 Å².